The highest BCUT2D eigenvalue weighted by Crippen LogP contribution is 2.43. The normalized spacial score (nSPS) is 12.2. The maximum Gasteiger partial charge on any atom is 0.194 e. The molecule has 0 saturated carbocycles. The molecule has 2 aromatic heterocycles. The number of carbonyl (C=O) groups is 1. The van der Waals surface area contributed by atoms with Gasteiger partial charge in [-0.15, -0.1) is 22.7 Å². The van der Waals surface area contributed by atoms with Crippen molar-refractivity contribution >= 4 is 28.5 Å². The summed E-state index contributed by atoms with van der Waals surface area (Å²) < 4.78 is 0. The number of thiophene rings is 2. The van der Waals surface area contributed by atoms with E-state index in [1.807, 2.05) is 22.7 Å². The van der Waals surface area contributed by atoms with Crippen molar-refractivity contribution in [2.45, 2.75) is 104 Å². The molecule has 5 rings (SSSR count). The Morgan fingerprint density at radius 3 is 1.38 bits per heavy atom. The fraction of sp³-hybridized carbons (Fsp3) is 0.432. The minimum Gasteiger partial charge on any atom is -0.289 e. The summed E-state index contributed by atoms with van der Waals surface area (Å²) in [5.41, 5.74) is 9.14. The van der Waals surface area contributed by atoms with Crippen molar-refractivity contribution in [2.75, 3.05) is 0 Å². The lowest BCUT2D eigenvalue weighted by Gasteiger charge is -2.08. The van der Waals surface area contributed by atoms with Crippen molar-refractivity contribution in [3.8, 4) is 32.0 Å². The first-order valence-corrected chi connectivity index (χ1v) is 17.4. The third-order valence-corrected chi connectivity index (χ3v) is 10.4. The molecule has 2 heterocycles. The highest BCUT2D eigenvalue weighted by molar-refractivity contribution is 7.14. The van der Waals surface area contributed by atoms with E-state index >= 15 is 0 Å². The van der Waals surface area contributed by atoms with Gasteiger partial charge in [0.2, 0.25) is 0 Å². The van der Waals surface area contributed by atoms with E-state index in [1.165, 1.54) is 109 Å². The molecule has 0 N–H and O–H groups in total. The smallest absolute Gasteiger partial charge is 0.194 e. The van der Waals surface area contributed by atoms with Crippen LogP contribution in [0.5, 0.6) is 0 Å². The molecule has 0 aliphatic heterocycles. The van der Waals surface area contributed by atoms with Gasteiger partial charge in [-0.2, -0.15) is 0 Å². The number of fused-ring (bicyclic) bond motifs is 3. The number of unbranched alkanes of at least 4 members (excludes halogenated alkanes) is 10. The standard InChI is InChI=1S/C37H44OS2/c1-3-5-7-9-11-13-15-27-21-23-39-36(27)29-17-19-31-32-20-18-30(26-34(32)35(38)33(31)25-29)37-28(22-24-40-37)16-14-12-10-8-6-4-2/h17-26H,3-16H2,1-2H3. The van der Waals surface area contributed by atoms with Crippen LogP contribution >= 0.6 is 22.7 Å². The van der Waals surface area contributed by atoms with E-state index in [4.69, 9.17) is 0 Å². The first-order chi connectivity index (χ1) is 19.7. The van der Waals surface area contributed by atoms with E-state index in [1.54, 1.807) is 0 Å². The molecule has 210 valence electrons. The number of ketones is 1. The zero-order valence-electron chi connectivity index (χ0n) is 24.4. The average Bonchev–Trinajstić information content (AvgIpc) is 3.71. The molecule has 0 fully saturated rings. The Morgan fingerprint density at radius 1 is 0.500 bits per heavy atom. The lowest BCUT2D eigenvalue weighted by atomic mass is 9.98. The fourth-order valence-corrected chi connectivity index (χ4v) is 8.03. The van der Waals surface area contributed by atoms with Gasteiger partial charge in [-0.3, -0.25) is 4.79 Å². The molecule has 2 aromatic carbocycles. The van der Waals surface area contributed by atoms with E-state index in [0.717, 1.165) is 35.1 Å². The van der Waals surface area contributed by atoms with E-state index in [-0.39, 0.29) is 5.78 Å². The van der Waals surface area contributed by atoms with Gasteiger partial charge in [0.05, 0.1) is 0 Å². The third-order valence-electron chi connectivity index (χ3n) is 8.44. The zero-order chi connectivity index (χ0) is 27.7. The highest BCUT2D eigenvalue weighted by Gasteiger charge is 2.28. The third kappa shape index (κ3) is 6.69. The van der Waals surface area contributed by atoms with Crippen LogP contribution < -0.4 is 0 Å². The molecule has 1 aliphatic rings. The van der Waals surface area contributed by atoms with E-state index in [2.05, 4.69) is 73.1 Å². The van der Waals surface area contributed by atoms with Gasteiger partial charge < -0.3 is 0 Å². The number of hydrogen-bond donors (Lipinski definition) is 0. The van der Waals surface area contributed by atoms with Crippen LogP contribution in [0.2, 0.25) is 0 Å². The molecule has 0 bridgehead atoms. The molecule has 1 nitrogen and oxygen atoms in total. The Balaban J connectivity index is 1.28. The van der Waals surface area contributed by atoms with E-state index in [9.17, 15) is 4.79 Å². The van der Waals surface area contributed by atoms with Crippen LogP contribution in [-0.2, 0) is 12.8 Å². The lowest BCUT2D eigenvalue weighted by Crippen LogP contribution is -1.96. The van der Waals surface area contributed by atoms with Gasteiger partial charge in [-0.1, -0.05) is 102 Å². The van der Waals surface area contributed by atoms with Crippen molar-refractivity contribution < 1.29 is 4.79 Å². The second kappa shape index (κ2) is 14.4. The second-order valence-corrected chi connectivity index (χ2v) is 13.3. The molecule has 0 spiro atoms. The molecular weight excluding hydrogens is 525 g/mol. The highest BCUT2D eigenvalue weighted by atomic mass is 32.1. The Hall–Kier alpha value is -2.49. The molecule has 3 heteroatoms. The van der Waals surface area contributed by atoms with Crippen molar-refractivity contribution in [1.29, 1.82) is 0 Å². The predicted molar refractivity (Wildman–Crippen MR) is 176 cm³/mol. The minimum absolute atomic E-state index is 0.178. The predicted octanol–water partition coefficient (Wildman–Crippen LogP) is 12.2. The van der Waals surface area contributed by atoms with Gasteiger partial charge >= 0.3 is 0 Å². The van der Waals surface area contributed by atoms with Crippen LogP contribution in [0.3, 0.4) is 0 Å². The van der Waals surface area contributed by atoms with Crippen molar-refractivity contribution in [2.24, 2.45) is 0 Å². The van der Waals surface area contributed by atoms with Gasteiger partial charge in [0.15, 0.2) is 5.78 Å². The van der Waals surface area contributed by atoms with Crippen molar-refractivity contribution in [1.82, 2.24) is 0 Å². The quantitative estimate of drug-likeness (QED) is 0.108. The molecule has 0 saturated heterocycles. The lowest BCUT2D eigenvalue weighted by molar-refractivity contribution is 0.104. The molecule has 0 radical (unpaired) electrons. The van der Waals surface area contributed by atoms with Crippen LogP contribution in [0.25, 0.3) is 32.0 Å². The monoisotopic (exact) mass is 568 g/mol. The van der Waals surface area contributed by atoms with Gasteiger partial charge in [-0.25, -0.2) is 0 Å². The number of benzene rings is 2. The molecule has 0 atom stereocenters. The summed E-state index contributed by atoms with van der Waals surface area (Å²) in [4.78, 5) is 16.4. The molecule has 1 aliphatic carbocycles. The Bertz CT molecular complexity index is 1300. The Kier molecular flexibility index (Phi) is 10.5. The Labute approximate surface area is 249 Å². The summed E-state index contributed by atoms with van der Waals surface area (Å²) in [5.74, 6) is 0.178. The van der Waals surface area contributed by atoms with Crippen LogP contribution in [0.1, 0.15) is 118 Å². The summed E-state index contributed by atoms with van der Waals surface area (Å²) in [6.07, 6.45) is 18.0. The minimum atomic E-state index is 0.178. The maximum atomic E-state index is 13.7. The van der Waals surface area contributed by atoms with E-state index in [0.29, 0.717) is 0 Å². The van der Waals surface area contributed by atoms with Gasteiger partial charge in [0.25, 0.3) is 0 Å². The van der Waals surface area contributed by atoms with Crippen molar-refractivity contribution in [3.05, 3.63) is 81.5 Å². The van der Waals surface area contributed by atoms with Crippen LogP contribution in [0.15, 0.2) is 59.3 Å². The molecule has 0 unspecified atom stereocenters. The largest absolute Gasteiger partial charge is 0.289 e. The van der Waals surface area contributed by atoms with Crippen molar-refractivity contribution in [3.63, 3.8) is 0 Å². The summed E-state index contributed by atoms with van der Waals surface area (Å²) in [6.45, 7) is 4.54. The molecule has 4 aromatic rings. The first-order valence-electron chi connectivity index (χ1n) is 15.7. The molecular formula is C37H44OS2. The summed E-state index contributed by atoms with van der Waals surface area (Å²) >= 11 is 3.62. The zero-order valence-corrected chi connectivity index (χ0v) is 26.0. The van der Waals surface area contributed by atoms with Gasteiger partial charge in [0.1, 0.15) is 0 Å². The Morgan fingerprint density at radius 2 is 0.925 bits per heavy atom. The van der Waals surface area contributed by atoms with E-state index < -0.39 is 0 Å². The number of aryl methyl sites for hydroxylation is 2. The number of rotatable bonds is 16. The molecule has 0 amide bonds. The van der Waals surface area contributed by atoms with Crippen LogP contribution in [-0.4, -0.2) is 5.78 Å². The SMILES string of the molecule is CCCCCCCCc1ccsc1-c1ccc2c(c1)C(=O)c1cc(-c3sccc3CCCCCCCC)ccc1-2. The summed E-state index contributed by atoms with van der Waals surface area (Å²) in [7, 11) is 0. The first kappa shape index (κ1) is 29.0. The van der Waals surface area contributed by atoms with Crippen LogP contribution in [0, 0.1) is 0 Å². The number of carbonyl (C=O) groups excluding carboxylic acids is 1. The second-order valence-electron chi connectivity index (χ2n) is 11.4. The van der Waals surface area contributed by atoms with Gasteiger partial charge in [-0.05, 0) is 94.1 Å². The summed E-state index contributed by atoms with van der Waals surface area (Å²) in [5, 5.41) is 4.42. The molecule has 40 heavy (non-hydrogen) atoms. The average molecular weight is 569 g/mol. The van der Waals surface area contributed by atoms with Crippen LogP contribution in [0.4, 0.5) is 0 Å². The number of hydrogen-bond acceptors (Lipinski definition) is 3. The summed E-state index contributed by atoms with van der Waals surface area (Å²) in [6, 6.07) is 17.7. The topological polar surface area (TPSA) is 17.1 Å². The fourth-order valence-electron chi connectivity index (χ4n) is 6.12. The van der Waals surface area contributed by atoms with Gasteiger partial charge in [0, 0.05) is 20.9 Å². The maximum absolute atomic E-state index is 13.7.